The molecule has 186 valence electrons. The number of nitrogens with zero attached hydrogens (tertiary/aromatic N) is 1. The highest BCUT2D eigenvalue weighted by Gasteiger charge is 2.36. The number of nitrogens with one attached hydrogen (secondary N) is 2. The lowest BCUT2D eigenvalue weighted by Crippen LogP contribution is -2.47. The van der Waals surface area contributed by atoms with Gasteiger partial charge in [-0.15, -0.1) is 0 Å². The SMILES string of the molecule is COc1ccc(-c2ccc(S(=O)(=O)N[C@@H](C(=O)O)C3CCC(n4c(O)c[nH]c4=O)CC3)cc2)cc1. The molecule has 0 amide bonds. The van der Waals surface area contributed by atoms with Crippen molar-refractivity contribution in [3.05, 3.63) is 65.2 Å². The van der Waals surface area contributed by atoms with Crippen LogP contribution in [-0.4, -0.2) is 47.3 Å². The molecule has 3 aromatic rings. The van der Waals surface area contributed by atoms with Crippen molar-refractivity contribution >= 4 is 16.0 Å². The van der Waals surface area contributed by atoms with Crippen LogP contribution in [0.4, 0.5) is 0 Å². The molecule has 0 radical (unpaired) electrons. The minimum absolute atomic E-state index is 0.0292. The van der Waals surface area contributed by atoms with Gasteiger partial charge in [0.2, 0.25) is 15.9 Å². The fourth-order valence-electron chi connectivity index (χ4n) is 4.61. The molecule has 1 aliphatic rings. The molecule has 0 saturated heterocycles. The van der Waals surface area contributed by atoms with Crippen LogP contribution in [0.2, 0.25) is 0 Å². The highest BCUT2D eigenvalue weighted by atomic mass is 32.2. The summed E-state index contributed by atoms with van der Waals surface area (Å²) >= 11 is 0. The van der Waals surface area contributed by atoms with Crippen LogP contribution in [0.3, 0.4) is 0 Å². The number of aromatic nitrogens is 2. The maximum atomic E-state index is 13.0. The molecule has 0 unspecified atom stereocenters. The number of benzene rings is 2. The van der Waals surface area contributed by atoms with Gasteiger partial charge in [0.15, 0.2) is 0 Å². The van der Waals surface area contributed by atoms with Crippen LogP contribution in [-0.2, 0) is 14.8 Å². The standard InChI is InChI=1S/C24H27N3O7S/c1-34-19-10-4-15(5-11-19)16-6-12-20(13-7-16)35(32,33)26-22(23(29)30)17-2-8-18(9-3-17)27-21(28)14-25-24(27)31/h4-7,10-14,17-18,22,26,28H,2-3,8-9H2,1H3,(H,25,31)(H,29,30)/t17?,18?,22-/m1/s1. The Hall–Kier alpha value is -3.57. The van der Waals surface area contributed by atoms with Crippen LogP contribution in [0.5, 0.6) is 11.6 Å². The summed E-state index contributed by atoms with van der Waals surface area (Å²) in [7, 11) is -2.51. The summed E-state index contributed by atoms with van der Waals surface area (Å²) in [5.74, 6) is -1.17. The summed E-state index contributed by atoms with van der Waals surface area (Å²) in [4.78, 5) is 26.3. The van der Waals surface area contributed by atoms with E-state index in [4.69, 9.17) is 4.74 Å². The molecule has 4 rings (SSSR count). The number of carboxylic acids is 1. The zero-order valence-electron chi connectivity index (χ0n) is 19.0. The number of ether oxygens (including phenoxy) is 1. The zero-order chi connectivity index (χ0) is 25.2. The van der Waals surface area contributed by atoms with E-state index in [1.165, 1.54) is 22.9 Å². The number of aliphatic carboxylic acids is 1. The molecule has 10 nitrogen and oxygen atoms in total. The third-order valence-electron chi connectivity index (χ3n) is 6.50. The normalized spacial score (nSPS) is 19.2. The van der Waals surface area contributed by atoms with Crippen molar-refractivity contribution in [3.63, 3.8) is 0 Å². The van der Waals surface area contributed by atoms with Crippen molar-refractivity contribution in [1.82, 2.24) is 14.3 Å². The van der Waals surface area contributed by atoms with Crippen molar-refractivity contribution in [2.24, 2.45) is 5.92 Å². The van der Waals surface area contributed by atoms with E-state index in [-0.39, 0.29) is 16.8 Å². The van der Waals surface area contributed by atoms with Crippen molar-refractivity contribution in [1.29, 1.82) is 0 Å². The van der Waals surface area contributed by atoms with E-state index in [9.17, 15) is 28.2 Å². The number of hydrogen-bond donors (Lipinski definition) is 4. The van der Waals surface area contributed by atoms with Crippen LogP contribution < -0.4 is 15.1 Å². The van der Waals surface area contributed by atoms with E-state index in [1.807, 2.05) is 24.3 Å². The van der Waals surface area contributed by atoms with Gasteiger partial charge < -0.3 is 19.9 Å². The van der Waals surface area contributed by atoms with Crippen LogP contribution >= 0.6 is 0 Å². The first kappa shape index (κ1) is 24.6. The Morgan fingerprint density at radius 3 is 2.11 bits per heavy atom. The summed E-state index contributed by atoms with van der Waals surface area (Å²) in [6.07, 6.45) is 2.87. The topological polar surface area (TPSA) is 151 Å². The number of carbonyl (C=O) groups is 1. The van der Waals surface area contributed by atoms with E-state index in [1.54, 1.807) is 19.2 Å². The Morgan fingerprint density at radius 1 is 1.06 bits per heavy atom. The number of hydrogen-bond acceptors (Lipinski definition) is 6. The fraction of sp³-hybridized carbons (Fsp3) is 0.333. The first-order valence-electron chi connectivity index (χ1n) is 11.2. The van der Waals surface area contributed by atoms with Crippen LogP contribution in [0, 0.1) is 5.92 Å². The summed E-state index contributed by atoms with van der Waals surface area (Å²) in [6, 6.07) is 12.0. The highest BCUT2D eigenvalue weighted by Crippen LogP contribution is 2.35. The predicted molar refractivity (Wildman–Crippen MR) is 128 cm³/mol. The molecule has 35 heavy (non-hydrogen) atoms. The molecule has 2 aromatic carbocycles. The zero-order valence-corrected chi connectivity index (χ0v) is 19.9. The lowest BCUT2D eigenvalue weighted by molar-refractivity contribution is -0.140. The molecular formula is C24H27N3O7S. The molecule has 4 N–H and O–H groups in total. The number of sulfonamides is 1. The summed E-state index contributed by atoms with van der Waals surface area (Å²) < 4.78 is 34.7. The number of aromatic amines is 1. The maximum absolute atomic E-state index is 13.0. The monoisotopic (exact) mass is 501 g/mol. The third-order valence-corrected chi connectivity index (χ3v) is 7.96. The number of aromatic hydroxyl groups is 1. The van der Waals surface area contributed by atoms with Gasteiger partial charge in [-0.1, -0.05) is 24.3 Å². The third kappa shape index (κ3) is 5.25. The molecule has 1 heterocycles. The minimum atomic E-state index is -4.08. The second kappa shape index (κ2) is 9.96. The van der Waals surface area contributed by atoms with Gasteiger partial charge in [0, 0.05) is 6.04 Å². The second-order valence-corrected chi connectivity index (χ2v) is 10.3. The first-order valence-corrected chi connectivity index (χ1v) is 12.7. The second-order valence-electron chi connectivity index (χ2n) is 8.58. The van der Waals surface area contributed by atoms with Gasteiger partial charge in [-0.3, -0.25) is 9.36 Å². The Balaban J connectivity index is 1.45. The van der Waals surface area contributed by atoms with Crippen molar-refractivity contribution in [2.45, 2.75) is 42.7 Å². The molecule has 0 bridgehead atoms. The van der Waals surface area contributed by atoms with Gasteiger partial charge in [-0.05, 0) is 67.0 Å². The Morgan fingerprint density at radius 2 is 1.63 bits per heavy atom. The Kier molecular flexibility index (Phi) is 6.99. The first-order chi connectivity index (χ1) is 16.7. The van der Waals surface area contributed by atoms with Gasteiger partial charge in [0.1, 0.15) is 11.8 Å². The molecule has 1 fully saturated rings. The summed E-state index contributed by atoms with van der Waals surface area (Å²) in [5, 5.41) is 19.7. The molecule has 1 aromatic heterocycles. The van der Waals surface area contributed by atoms with Gasteiger partial charge in [-0.25, -0.2) is 13.2 Å². The highest BCUT2D eigenvalue weighted by molar-refractivity contribution is 7.89. The van der Waals surface area contributed by atoms with E-state index in [2.05, 4.69) is 9.71 Å². The largest absolute Gasteiger partial charge is 0.497 e. The predicted octanol–water partition coefficient (Wildman–Crippen LogP) is 2.72. The fourth-order valence-corrected chi connectivity index (χ4v) is 5.87. The van der Waals surface area contributed by atoms with Crippen LogP contribution in [0.25, 0.3) is 11.1 Å². The lowest BCUT2D eigenvalue weighted by Gasteiger charge is -2.32. The molecule has 1 aliphatic carbocycles. The average molecular weight is 502 g/mol. The van der Waals surface area contributed by atoms with Crippen molar-refractivity contribution < 1.29 is 28.2 Å². The van der Waals surface area contributed by atoms with E-state index >= 15 is 0 Å². The molecule has 0 spiro atoms. The van der Waals surface area contributed by atoms with Crippen LogP contribution in [0.1, 0.15) is 31.7 Å². The van der Waals surface area contributed by atoms with Gasteiger partial charge in [0.25, 0.3) is 0 Å². The number of rotatable bonds is 8. The smallest absolute Gasteiger partial charge is 0.328 e. The molecular weight excluding hydrogens is 474 g/mol. The molecule has 1 atom stereocenters. The van der Waals surface area contributed by atoms with Gasteiger partial charge >= 0.3 is 11.7 Å². The number of methoxy groups -OCH3 is 1. The quantitative estimate of drug-likeness (QED) is 0.370. The summed E-state index contributed by atoms with van der Waals surface area (Å²) in [6.45, 7) is 0. The molecule has 0 aliphatic heterocycles. The minimum Gasteiger partial charge on any atom is -0.497 e. The molecule has 1 saturated carbocycles. The lowest BCUT2D eigenvalue weighted by atomic mass is 9.81. The average Bonchev–Trinajstić information content (AvgIpc) is 3.20. The van der Waals surface area contributed by atoms with E-state index in [0.29, 0.717) is 31.4 Å². The number of imidazole rings is 1. The van der Waals surface area contributed by atoms with Gasteiger partial charge in [0.05, 0.1) is 18.2 Å². The van der Waals surface area contributed by atoms with E-state index in [0.717, 1.165) is 11.1 Å². The van der Waals surface area contributed by atoms with Crippen LogP contribution in [0.15, 0.2) is 64.4 Å². The Labute approximate surface area is 202 Å². The van der Waals surface area contributed by atoms with Crippen molar-refractivity contribution in [2.75, 3.05) is 7.11 Å². The number of carboxylic acid groups (broad SMARTS) is 1. The Bertz CT molecular complexity index is 1340. The molecule has 11 heteroatoms. The van der Waals surface area contributed by atoms with Crippen molar-refractivity contribution in [3.8, 4) is 22.8 Å². The number of H-pyrrole nitrogens is 1. The van der Waals surface area contributed by atoms with E-state index < -0.39 is 33.6 Å². The maximum Gasteiger partial charge on any atom is 0.328 e. The summed E-state index contributed by atoms with van der Waals surface area (Å²) in [5.41, 5.74) is 1.26. The van der Waals surface area contributed by atoms with Gasteiger partial charge in [-0.2, -0.15) is 4.72 Å².